The summed E-state index contributed by atoms with van der Waals surface area (Å²) in [5, 5.41) is 4.16. The van der Waals surface area contributed by atoms with Gasteiger partial charge in [0.25, 0.3) is 0 Å². The molecular weight excluding hydrogens is 359 g/mol. The highest BCUT2D eigenvalue weighted by Crippen LogP contribution is 2.24. The highest BCUT2D eigenvalue weighted by Gasteiger charge is 2.03. The molecule has 1 N–H and O–H groups in total. The summed E-state index contributed by atoms with van der Waals surface area (Å²) in [5.41, 5.74) is 2.27. The molecule has 0 aliphatic carbocycles. The fourth-order valence-corrected chi connectivity index (χ4v) is 2.81. The van der Waals surface area contributed by atoms with Gasteiger partial charge in [-0.25, -0.2) is 0 Å². The van der Waals surface area contributed by atoms with Crippen molar-refractivity contribution in [2.45, 2.75) is 26.4 Å². The molecule has 0 fully saturated rings. The highest BCUT2D eigenvalue weighted by molar-refractivity contribution is 14.1. The molecule has 0 saturated carbocycles. The molecule has 1 aromatic heterocycles. The molecule has 96 valence electrons. The van der Waals surface area contributed by atoms with Gasteiger partial charge in [-0.15, -0.1) is 0 Å². The van der Waals surface area contributed by atoms with Gasteiger partial charge in [-0.05, 0) is 59.3 Å². The average Bonchev–Trinajstić information content (AvgIpc) is 2.76. The van der Waals surface area contributed by atoms with Gasteiger partial charge in [0.15, 0.2) is 0 Å². The Morgan fingerprint density at radius 3 is 2.89 bits per heavy atom. The van der Waals surface area contributed by atoms with Crippen molar-refractivity contribution >= 4 is 39.9 Å². The molecule has 18 heavy (non-hydrogen) atoms. The van der Waals surface area contributed by atoms with Crippen LogP contribution in [0.2, 0.25) is 5.02 Å². The van der Waals surface area contributed by atoms with E-state index >= 15 is 0 Å². The van der Waals surface area contributed by atoms with E-state index in [1.54, 1.807) is 0 Å². The summed E-state index contributed by atoms with van der Waals surface area (Å²) in [7, 11) is 0. The fraction of sp³-hybridized carbons (Fsp3) is 0.286. The number of aromatic nitrogens is 1. The molecule has 0 saturated heterocycles. The number of rotatable bonds is 5. The summed E-state index contributed by atoms with van der Waals surface area (Å²) in [4.78, 5) is 0. The van der Waals surface area contributed by atoms with Crippen LogP contribution in [0.3, 0.4) is 0 Å². The first kappa shape index (κ1) is 13.7. The fourth-order valence-electron chi connectivity index (χ4n) is 1.89. The lowest BCUT2D eigenvalue weighted by Crippen LogP contribution is -2.07. The topological polar surface area (TPSA) is 17.0 Å². The number of benzene rings is 1. The Bertz CT molecular complexity index is 522. The van der Waals surface area contributed by atoms with Crippen molar-refractivity contribution in [2.24, 2.45) is 0 Å². The third kappa shape index (κ3) is 3.42. The first-order valence-corrected chi connectivity index (χ1v) is 7.49. The molecule has 2 nitrogen and oxygen atoms in total. The number of halogens is 2. The minimum atomic E-state index is 0.774. The highest BCUT2D eigenvalue weighted by atomic mass is 127. The number of hydrogen-bond acceptors (Lipinski definition) is 1. The number of nitrogens with one attached hydrogen (secondary N) is 1. The Hall–Kier alpha value is -0.680. The number of anilines is 1. The average molecular weight is 375 g/mol. The van der Waals surface area contributed by atoms with E-state index in [-0.39, 0.29) is 0 Å². The van der Waals surface area contributed by atoms with Crippen molar-refractivity contribution in [1.82, 2.24) is 4.57 Å². The van der Waals surface area contributed by atoms with Gasteiger partial charge < -0.3 is 9.88 Å². The van der Waals surface area contributed by atoms with E-state index in [0.29, 0.717) is 0 Å². The van der Waals surface area contributed by atoms with Crippen LogP contribution < -0.4 is 5.32 Å². The first-order valence-electron chi connectivity index (χ1n) is 6.03. The van der Waals surface area contributed by atoms with Gasteiger partial charge in [0.1, 0.15) is 0 Å². The van der Waals surface area contributed by atoms with Gasteiger partial charge in [0.05, 0.1) is 17.3 Å². The molecule has 1 aromatic carbocycles. The minimum absolute atomic E-state index is 0.774. The molecule has 0 spiro atoms. The van der Waals surface area contributed by atoms with Gasteiger partial charge in [0, 0.05) is 22.0 Å². The van der Waals surface area contributed by atoms with Crippen LogP contribution in [0.4, 0.5) is 5.69 Å². The molecule has 1 heterocycles. The Kier molecular flexibility index (Phi) is 4.95. The maximum absolute atomic E-state index is 6.20. The lowest BCUT2D eigenvalue weighted by Gasteiger charge is -2.11. The van der Waals surface area contributed by atoms with Crippen LogP contribution in [0.15, 0.2) is 36.5 Å². The quantitative estimate of drug-likeness (QED) is 0.746. The summed E-state index contributed by atoms with van der Waals surface area (Å²) in [6.45, 7) is 4.05. The molecule has 0 unspecified atom stereocenters. The lowest BCUT2D eigenvalue weighted by atomic mass is 10.3. The number of hydrogen-bond donors (Lipinski definition) is 1. The van der Waals surface area contributed by atoms with Gasteiger partial charge >= 0.3 is 0 Å². The standard InChI is InChI=1S/C14H16ClIN2/c1-2-7-18-8-3-4-12(18)10-17-14-6-5-11(16)9-13(14)15/h3-6,8-9,17H,2,7,10H2,1H3. The minimum Gasteiger partial charge on any atom is -0.378 e. The van der Waals surface area contributed by atoms with Crippen LogP contribution in [-0.2, 0) is 13.1 Å². The summed E-state index contributed by atoms with van der Waals surface area (Å²) >= 11 is 8.46. The molecule has 4 heteroatoms. The van der Waals surface area contributed by atoms with Crippen LogP contribution in [0.25, 0.3) is 0 Å². The maximum Gasteiger partial charge on any atom is 0.0648 e. The molecule has 0 atom stereocenters. The van der Waals surface area contributed by atoms with Crippen molar-refractivity contribution < 1.29 is 0 Å². The molecular formula is C14H16ClIN2. The molecule has 0 aliphatic heterocycles. The molecule has 0 bridgehead atoms. The number of nitrogens with zero attached hydrogens (tertiary/aromatic N) is 1. The molecule has 0 radical (unpaired) electrons. The van der Waals surface area contributed by atoms with Gasteiger partial charge in [0.2, 0.25) is 0 Å². The molecule has 2 rings (SSSR count). The third-order valence-electron chi connectivity index (χ3n) is 2.78. The predicted octanol–water partition coefficient (Wildman–Crippen LogP) is 4.77. The van der Waals surface area contributed by atoms with E-state index in [2.05, 4.69) is 63.8 Å². The van der Waals surface area contributed by atoms with Crippen LogP contribution in [-0.4, -0.2) is 4.57 Å². The molecule has 0 aliphatic rings. The van der Waals surface area contributed by atoms with E-state index < -0.39 is 0 Å². The Morgan fingerprint density at radius 1 is 1.33 bits per heavy atom. The van der Waals surface area contributed by atoms with Crippen LogP contribution in [0, 0.1) is 3.57 Å². The van der Waals surface area contributed by atoms with Crippen molar-refractivity contribution in [3.8, 4) is 0 Å². The second-order valence-corrected chi connectivity index (χ2v) is 5.82. The van der Waals surface area contributed by atoms with Crippen molar-refractivity contribution in [3.63, 3.8) is 0 Å². The molecule has 0 amide bonds. The van der Waals surface area contributed by atoms with Crippen LogP contribution in [0.5, 0.6) is 0 Å². The van der Waals surface area contributed by atoms with E-state index in [9.17, 15) is 0 Å². The Balaban J connectivity index is 2.04. The van der Waals surface area contributed by atoms with Gasteiger partial charge in [-0.2, -0.15) is 0 Å². The third-order valence-corrected chi connectivity index (χ3v) is 3.76. The van der Waals surface area contributed by atoms with E-state index in [4.69, 9.17) is 11.6 Å². The van der Waals surface area contributed by atoms with Crippen LogP contribution in [0.1, 0.15) is 19.0 Å². The van der Waals surface area contributed by atoms with Gasteiger partial charge in [-0.3, -0.25) is 0 Å². The van der Waals surface area contributed by atoms with E-state index in [0.717, 1.165) is 33.8 Å². The largest absolute Gasteiger partial charge is 0.378 e. The SMILES string of the molecule is CCCn1cccc1CNc1ccc(I)cc1Cl. The van der Waals surface area contributed by atoms with Crippen molar-refractivity contribution in [1.29, 1.82) is 0 Å². The second kappa shape index (κ2) is 6.48. The first-order chi connectivity index (χ1) is 8.70. The monoisotopic (exact) mass is 374 g/mol. The lowest BCUT2D eigenvalue weighted by molar-refractivity contribution is 0.654. The predicted molar refractivity (Wildman–Crippen MR) is 86.2 cm³/mol. The second-order valence-electron chi connectivity index (χ2n) is 4.17. The molecule has 2 aromatic rings. The summed E-state index contributed by atoms with van der Waals surface area (Å²) in [6, 6.07) is 10.3. The van der Waals surface area contributed by atoms with E-state index in [1.807, 2.05) is 12.1 Å². The smallest absolute Gasteiger partial charge is 0.0648 e. The summed E-state index contributed by atoms with van der Waals surface area (Å²) in [6.07, 6.45) is 3.27. The Labute approximate surface area is 126 Å². The Morgan fingerprint density at radius 2 is 2.17 bits per heavy atom. The summed E-state index contributed by atoms with van der Waals surface area (Å²) < 4.78 is 3.42. The number of aryl methyl sites for hydroxylation is 1. The van der Waals surface area contributed by atoms with Crippen molar-refractivity contribution in [2.75, 3.05) is 5.32 Å². The van der Waals surface area contributed by atoms with Crippen molar-refractivity contribution in [3.05, 3.63) is 50.8 Å². The zero-order chi connectivity index (χ0) is 13.0. The zero-order valence-corrected chi connectivity index (χ0v) is 13.2. The zero-order valence-electron chi connectivity index (χ0n) is 10.3. The van der Waals surface area contributed by atoms with E-state index in [1.165, 1.54) is 5.69 Å². The normalized spacial score (nSPS) is 10.6. The van der Waals surface area contributed by atoms with Gasteiger partial charge in [-0.1, -0.05) is 18.5 Å². The maximum atomic E-state index is 6.20. The summed E-state index contributed by atoms with van der Waals surface area (Å²) in [5.74, 6) is 0. The van der Waals surface area contributed by atoms with Crippen LogP contribution >= 0.6 is 34.2 Å².